The van der Waals surface area contributed by atoms with Crippen molar-refractivity contribution in [3.05, 3.63) is 46.5 Å². The minimum absolute atomic E-state index is 0.121. The zero-order valence-corrected chi connectivity index (χ0v) is 19.7. The van der Waals surface area contributed by atoms with Gasteiger partial charge in [0.15, 0.2) is 0 Å². The predicted octanol–water partition coefficient (Wildman–Crippen LogP) is 3.22. The summed E-state index contributed by atoms with van der Waals surface area (Å²) in [7, 11) is 3.19. The molecular formula is C23H27F3N6O2. The smallest absolute Gasteiger partial charge is 0.348 e. The number of likely N-dealkylation sites (tertiary alicyclic amines) is 1. The second kappa shape index (κ2) is 8.44. The molecule has 2 aromatic heterocycles. The number of aromatic nitrogens is 4. The molecule has 0 radical (unpaired) electrons. The van der Waals surface area contributed by atoms with Crippen LogP contribution >= 0.6 is 0 Å². The third kappa shape index (κ3) is 4.14. The molecule has 1 aliphatic rings. The molecule has 1 saturated heterocycles. The van der Waals surface area contributed by atoms with E-state index in [1.807, 2.05) is 37.6 Å². The maximum Gasteiger partial charge on any atom is 0.420 e. The molecule has 11 heteroatoms. The van der Waals surface area contributed by atoms with E-state index in [9.17, 15) is 22.8 Å². The van der Waals surface area contributed by atoms with Gasteiger partial charge in [-0.05, 0) is 43.9 Å². The molecule has 4 rings (SSSR count). The first-order valence-electron chi connectivity index (χ1n) is 11.0. The fourth-order valence-electron chi connectivity index (χ4n) is 4.75. The summed E-state index contributed by atoms with van der Waals surface area (Å²) in [5.41, 5.74) is 1.41. The van der Waals surface area contributed by atoms with Gasteiger partial charge in [0.25, 0.3) is 11.8 Å². The molecule has 34 heavy (non-hydrogen) atoms. The summed E-state index contributed by atoms with van der Waals surface area (Å²) in [4.78, 5) is 32.1. The summed E-state index contributed by atoms with van der Waals surface area (Å²) < 4.78 is 43.3. The number of nitrogens with one attached hydrogen (secondary N) is 1. The van der Waals surface area contributed by atoms with Crippen molar-refractivity contribution in [1.29, 1.82) is 0 Å². The first-order chi connectivity index (χ1) is 15.9. The van der Waals surface area contributed by atoms with Crippen LogP contribution in [0, 0.1) is 19.8 Å². The van der Waals surface area contributed by atoms with Crippen LogP contribution in [0.2, 0.25) is 0 Å². The summed E-state index contributed by atoms with van der Waals surface area (Å²) in [6.07, 6.45) is -2.54. The number of rotatable bonds is 3. The predicted molar refractivity (Wildman–Crippen MR) is 119 cm³/mol. The maximum absolute atomic E-state index is 13.5. The van der Waals surface area contributed by atoms with E-state index in [-0.39, 0.29) is 23.6 Å². The first-order valence-corrected chi connectivity index (χ1v) is 11.0. The van der Waals surface area contributed by atoms with E-state index in [1.165, 1.54) is 14.0 Å². The minimum atomic E-state index is -4.68. The Hall–Kier alpha value is -3.37. The van der Waals surface area contributed by atoms with E-state index in [2.05, 4.69) is 15.4 Å². The number of nitrogens with zero attached hydrogens (tertiary/aromatic N) is 5. The average Bonchev–Trinajstić information content (AvgIpc) is 3.27. The molecular weight excluding hydrogens is 449 g/mol. The minimum Gasteiger partial charge on any atom is -0.348 e. The lowest BCUT2D eigenvalue weighted by Crippen LogP contribution is -2.51. The monoisotopic (exact) mass is 476 g/mol. The second-order valence-corrected chi connectivity index (χ2v) is 9.04. The number of fused-ring (bicyclic) bond motifs is 1. The molecule has 1 aromatic carbocycles. The van der Waals surface area contributed by atoms with Crippen molar-refractivity contribution in [3.63, 3.8) is 0 Å². The lowest BCUT2D eigenvalue weighted by Gasteiger charge is -2.37. The first kappa shape index (κ1) is 23.8. The Labute approximate surface area is 194 Å². The zero-order valence-electron chi connectivity index (χ0n) is 19.7. The van der Waals surface area contributed by atoms with E-state index >= 15 is 0 Å². The second-order valence-electron chi connectivity index (χ2n) is 9.04. The van der Waals surface area contributed by atoms with Crippen LogP contribution in [-0.4, -0.2) is 55.2 Å². The van der Waals surface area contributed by atoms with Crippen molar-refractivity contribution in [3.8, 4) is 0 Å². The van der Waals surface area contributed by atoms with Gasteiger partial charge in [-0.2, -0.15) is 18.3 Å². The highest BCUT2D eigenvalue weighted by Crippen LogP contribution is 2.34. The number of hydrogen-bond donors (Lipinski definition) is 1. The van der Waals surface area contributed by atoms with Crippen LogP contribution in [0.5, 0.6) is 0 Å². The molecule has 3 heterocycles. The van der Waals surface area contributed by atoms with Gasteiger partial charge < -0.3 is 14.8 Å². The average molecular weight is 477 g/mol. The van der Waals surface area contributed by atoms with E-state index in [0.29, 0.717) is 25.1 Å². The summed E-state index contributed by atoms with van der Waals surface area (Å²) in [5, 5.41) is 6.53. The molecule has 1 N–H and O–H groups in total. The summed E-state index contributed by atoms with van der Waals surface area (Å²) in [6.45, 7) is 5.78. The number of benzene rings is 1. The van der Waals surface area contributed by atoms with Gasteiger partial charge in [0, 0.05) is 38.8 Å². The van der Waals surface area contributed by atoms with E-state index in [1.54, 1.807) is 11.2 Å². The zero-order chi connectivity index (χ0) is 24.9. The van der Waals surface area contributed by atoms with Crippen LogP contribution in [-0.2, 0) is 20.3 Å². The molecule has 3 aromatic rings. The van der Waals surface area contributed by atoms with Crippen molar-refractivity contribution >= 4 is 22.8 Å². The number of carbonyl (C=O) groups is 2. The number of carbonyl (C=O) groups excluding carboxylic acids is 2. The molecule has 1 fully saturated rings. The van der Waals surface area contributed by atoms with Crippen LogP contribution in [0.1, 0.15) is 51.0 Å². The van der Waals surface area contributed by atoms with Gasteiger partial charge >= 0.3 is 6.18 Å². The van der Waals surface area contributed by atoms with Crippen LogP contribution in [0.15, 0.2) is 18.5 Å². The number of alkyl halides is 3. The highest BCUT2D eigenvalue weighted by molar-refractivity contribution is 5.98. The van der Waals surface area contributed by atoms with Crippen molar-refractivity contribution in [1.82, 2.24) is 29.5 Å². The molecule has 2 amide bonds. The van der Waals surface area contributed by atoms with Crippen molar-refractivity contribution < 1.29 is 22.8 Å². The molecule has 0 saturated carbocycles. The van der Waals surface area contributed by atoms with Gasteiger partial charge in [-0.15, -0.1) is 0 Å². The summed E-state index contributed by atoms with van der Waals surface area (Å²) in [5.74, 6) is -1.08. The number of aryl methyl sites for hydroxylation is 4. The van der Waals surface area contributed by atoms with Crippen LogP contribution in [0.3, 0.4) is 0 Å². The van der Waals surface area contributed by atoms with Gasteiger partial charge in [0.1, 0.15) is 11.3 Å². The standard InChI is InChI=1S/C23H27F3N6O2/c1-12-8-15(9-17-19(12)27-11-30(17)4)22(34)32-7-6-16(13(2)10-32)28-21(33)20-18(23(24,25)26)14(3)29-31(20)5/h8-9,11,13,16H,6-7,10H2,1-5H3,(H,28,33)/t13-,16+/m0/s1. The largest absolute Gasteiger partial charge is 0.420 e. The Morgan fingerprint density at radius 3 is 2.53 bits per heavy atom. The van der Waals surface area contributed by atoms with Gasteiger partial charge in [-0.1, -0.05) is 6.92 Å². The van der Waals surface area contributed by atoms with Crippen molar-refractivity contribution in [2.75, 3.05) is 13.1 Å². The number of imidazole rings is 1. The fourth-order valence-corrected chi connectivity index (χ4v) is 4.75. The third-order valence-electron chi connectivity index (χ3n) is 6.50. The van der Waals surface area contributed by atoms with Crippen LogP contribution in [0.25, 0.3) is 11.0 Å². The number of hydrogen-bond acceptors (Lipinski definition) is 4. The van der Waals surface area contributed by atoms with Crippen LogP contribution < -0.4 is 5.32 Å². The summed E-state index contributed by atoms with van der Waals surface area (Å²) >= 11 is 0. The van der Waals surface area contributed by atoms with E-state index < -0.39 is 23.3 Å². The Balaban J connectivity index is 1.48. The molecule has 2 atom stereocenters. The summed E-state index contributed by atoms with van der Waals surface area (Å²) in [6, 6.07) is 3.27. The van der Waals surface area contributed by atoms with Gasteiger partial charge in [0.05, 0.1) is 23.1 Å². The van der Waals surface area contributed by atoms with Crippen molar-refractivity contribution in [2.24, 2.45) is 20.0 Å². The highest BCUT2D eigenvalue weighted by atomic mass is 19.4. The Morgan fingerprint density at radius 2 is 1.88 bits per heavy atom. The van der Waals surface area contributed by atoms with Gasteiger partial charge in [-0.25, -0.2) is 4.98 Å². The molecule has 0 unspecified atom stereocenters. The fraction of sp³-hybridized carbons (Fsp3) is 0.478. The molecule has 182 valence electrons. The van der Waals surface area contributed by atoms with Crippen LogP contribution in [0.4, 0.5) is 13.2 Å². The normalized spacial score (nSPS) is 19.0. The van der Waals surface area contributed by atoms with E-state index in [4.69, 9.17) is 0 Å². The van der Waals surface area contributed by atoms with Crippen molar-refractivity contribution in [2.45, 2.75) is 39.4 Å². The highest BCUT2D eigenvalue weighted by Gasteiger charge is 2.41. The Morgan fingerprint density at radius 1 is 1.18 bits per heavy atom. The van der Waals surface area contributed by atoms with Gasteiger partial charge in [0.2, 0.25) is 0 Å². The molecule has 0 spiro atoms. The molecule has 0 bridgehead atoms. The number of amides is 2. The molecule has 8 nitrogen and oxygen atoms in total. The third-order valence-corrected chi connectivity index (χ3v) is 6.50. The number of piperidine rings is 1. The topological polar surface area (TPSA) is 85.1 Å². The molecule has 1 aliphatic heterocycles. The Kier molecular flexibility index (Phi) is 5.91. The number of halogens is 3. The molecule has 0 aliphatic carbocycles. The Bertz CT molecular complexity index is 1280. The lowest BCUT2D eigenvalue weighted by atomic mass is 9.93. The van der Waals surface area contributed by atoms with Gasteiger partial charge in [-0.3, -0.25) is 14.3 Å². The van der Waals surface area contributed by atoms with E-state index in [0.717, 1.165) is 21.3 Å². The maximum atomic E-state index is 13.5. The lowest BCUT2D eigenvalue weighted by molar-refractivity contribution is -0.138. The quantitative estimate of drug-likeness (QED) is 0.629. The SMILES string of the molecule is Cc1nn(C)c(C(=O)N[C@@H]2CCN(C(=O)c3cc(C)c4ncn(C)c4c3)C[C@@H]2C)c1C(F)(F)F.